The van der Waals surface area contributed by atoms with Gasteiger partial charge in [0.15, 0.2) is 5.60 Å². The summed E-state index contributed by atoms with van der Waals surface area (Å²) in [6.45, 7) is 0.448. The highest BCUT2D eigenvalue weighted by Gasteiger charge is 2.39. The molecule has 0 bridgehead atoms. The minimum atomic E-state index is -0.450. The predicted molar refractivity (Wildman–Crippen MR) is 73.0 cm³/mol. The van der Waals surface area contributed by atoms with E-state index in [9.17, 15) is 0 Å². The van der Waals surface area contributed by atoms with Crippen molar-refractivity contribution in [2.24, 2.45) is 5.73 Å². The lowest BCUT2D eigenvalue weighted by Gasteiger charge is -2.27. The molecule has 2 N–H and O–H groups in total. The summed E-state index contributed by atoms with van der Waals surface area (Å²) in [5.41, 5.74) is 7.74. The molecule has 2 aromatic rings. The van der Waals surface area contributed by atoms with Crippen molar-refractivity contribution >= 4 is 11.6 Å². The highest BCUT2D eigenvalue weighted by atomic mass is 35.5. The monoisotopic (exact) mass is 259 g/mol. The van der Waals surface area contributed by atoms with Gasteiger partial charge in [0.05, 0.1) is 0 Å². The van der Waals surface area contributed by atoms with Crippen molar-refractivity contribution in [2.75, 3.05) is 6.54 Å². The van der Waals surface area contributed by atoms with E-state index >= 15 is 0 Å². The molecule has 1 aliphatic rings. The number of hydrogen-bond donors (Lipinski definition) is 1. The highest BCUT2D eigenvalue weighted by molar-refractivity contribution is 6.30. The molecule has 2 aromatic carbocycles. The fourth-order valence-electron chi connectivity index (χ4n) is 2.47. The third-order valence-electron chi connectivity index (χ3n) is 3.43. The maximum absolute atomic E-state index is 6.10. The fraction of sp³-hybridized carbons (Fsp3) is 0.200. The van der Waals surface area contributed by atoms with Gasteiger partial charge < -0.3 is 10.5 Å². The lowest BCUT2D eigenvalue weighted by atomic mass is 9.89. The number of rotatable bonds is 2. The van der Waals surface area contributed by atoms with Crippen LogP contribution in [0.3, 0.4) is 0 Å². The van der Waals surface area contributed by atoms with Gasteiger partial charge in [0.2, 0.25) is 0 Å². The van der Waals surface area contributed by atoms with Gasteiger partial charge in [0.1, 0.15) is 5.75 Å². The number of ether oxygens (including phenoxy) is 1. The summed E-state index contributed by atoms with van der Waals surface area (Å²) < 4.78 is 6.10. The largest absolute Gasteiger partial charge is 0.481 e. The van der Waals surface area contributed by atoms with E-state index in [1.54, 1.807) is 0 Å². The minimum absolute atomic E-state index is 0.448. The summed E-state index contributed by atoms with van der Waals surface area (Å²) in [7, 11) is 0. The molecule has 0 spiro atoms. The van der Waals surface area contributed by atoms with E-state index in [-0.39, 0.29) is 0 Å². The summed E-state index contributed by atoms with van der Waals surface area (Å²) in [5.74, 6) is 0.883. The second-order valence-corrected chi connectivity index (χ2v) is 5.03. The zero-order valence-corrected chi connectivity index (χ0v) is 10.7. The molecule has 0 saturated heterocycles. The lowest BCUT2D eigenvalue weighted by molar-refractivity contribution is 0.103. The first-order chi connectivity index (χ1) is 8.73. The Labute approximate surface area is 111 Å². The SMILES string of the molecule is NC[C@@]1(c2ccccc2)Cc2cc(Cl)ccc2O1. The molecule has 0 unspecified atom stereocenters. The number of hydrogen-bond acceptors (Lipinski definition) is 2. The first kappa shape index (κ1) is 11.6. The minimum Gasteiger partial charge on any atom is -0.481 e. The van der Waals surface area contributed by atoms with Crippen molar-refractivity contribution in [1.29, 1.82) is 0 Å². The Bertz CT molecular complexity index is 570. The van der Waals surface area contributed by atoms with E-state index in [4.69, 9.17) is 22.1 Å². The van der Waals surface area contributed by atoms with Gasteiger partial charge in [-0.3, -0.25) is 0 Å². The van der Waals surface area contributed by atoms with Gasteiger partial charge in [-0.25, -0.2) is 0 Å². The maximum atomic E-state index is 6.10. The Balaban J connectivity index is 2.03. The molecule has 18 heavy (non-hydrogen) atoms. The van der Waals surface area contributed by atoms with E-state index in [1.807, 2.05) is 36.4 Å². The predicted octanol–water partition coefficient (Wildman–Crippen LogP) is 3.13. The molecule has 3 heteroatoms. The smallest absolute Gasteiger partial charge is 0.150 e. The number of nitrogens with two attached hydrogens (primary N) is 1. The maximum Gasteiger partial charge on any atom is 0.150 e. The number of fused-ring (bicyclic) bond motifs is 1. The third-order valence-corrected chi connectivity index (χ3v) is 3.67. The van der Waals surface area contributed by atoms with Crippen LogP contribution in [0.5, 0.6) is 5.75 Å². The summed E-state index contributed by atoms with van der Waals surface area (Å²) in [6, 6.07) is 15.8. The van der Waals surface area contributed by atoms with Gasteiger partial charge in [-0.1, -0.05) is 41.9 Å². The van der Waals surface area contributed by atoms with E-state index < -0.39 is 5.60 Å². The Morgan fingerprint density at radius 3 is 2.67 bits per heavy atom. The number of halogens is 1. The second-order valence-electron chi connectivity index (χ2n) is 4.60. The van der Waals surface area contributed by atoms with Crippen LogP contribution < -0.4 is 10.5 Å². The summed E-state index contributed by atoms with van der Waals surface area (Å²) in [5, 5.41) is 0.734. The zero-order chi connectivity index (χ0) is 12.6. The van der Waals surface area contributed by atoms with Crippen LogP contribution in [-0.4, -0.2) is 6.54 Å². The van der Waals surface area contributed by atoms with E-state index in [1.165, 1.54) is 0 Å². The summed E-state index contributed by atoms with van der Waals surface area (Å²) in [4.78, 5) is 0. The van der Waals surface area contributed by atoms with Crippen LogP contribution in [0.2, 0.25) is 5.02 Å². The second kappa shape index (κ2) is 4.30. The van der Waals surface area contributed by atoms with Crippen LogP contribution in [0, 0.1) is 0 Å². The fourth-order valence-corrected chi connectivity index (χ4v) is 2.67. The Morgan fingerprint density at radius 2 is 1.94 bits per heavy atom. The van der Waals surface area contributed by atoms with Crippen LogP contribution in [-0.2, 0) is 12.0 Å². The van der Waals surface area contributed by atoms with Gasteiger partial charge >= 0.3 is 0 Å². The average molecular weight is 260 g/mol. The van der Waals surface area contributed by atoms with Crippen molar-refractivity contribution in [3.05, 3.63) is 64.7 Å². The lowest BCUT2D eigenvalue weighted by Crippen LogP contribution is -2.39. The van der Waals surface area contributed by atoms with E-state index in [0.29, 0.717) is 6.54 Å². The van der Waals surface area contributed by atoms with Gasteiger partial charge in [0.25, 0.3) is 0 Å². The van der Waals surface area contributed by atoms with Crippen LogP contribution in [0.25, 0.3) is 0 Å². The van der Waals surface area contributed by atoms with Gasteiger partial charge in [-0.05, 0) is 23.8 Å². The van der Waals surface area contributed by atoms with Crippen LogP contribution in [0.1, 0.15) is 11.1 Å². The van der Waals surface area contributed by atoms with Crippen LogP contribution >= 0.6 is 11.6 Å². The quantitative estimate of drug-likeness (QED) is 0.899. The molecule has 92 valence electrons. The van der Waals surface area contributed by atoms with E-state index in [2.05, 4.69) is 12.1 Å². The Hall–Kier alpha value is -1.51. The molecule has 0 radical (unpaired) electrons. The van der Waals surface area contributed by atoms with Crippen molar-refractivity contribution in [2.45, 2.75) is 12.0 Å². The van der Waals surface area contributed by atoms with Crippen molar-refractivity contribution in [1.82, 2.24) is 0 Å². The van der Waals surface area contributed by atoms with Gasteiger partial charge in [0, 0.05) is 23.6 Å². The molecule has 3 rings (SSSR count). The van der Waals surface area contributed by atoms with Gasteiger partial charge in [-0.2, -0.15) is 0 Å². The molecule has 0 amide bonds. The zero-order valence-electron chi connectivity index (χ0n) is 9.90. The standard InChI is InChI=1S/C15H14ClNO/c16-13-6-7-14-11(8-13)9-15(10-17,18-14)12-4-2-1-3-5-12/h1-8H,9-10,17H2/t15-/m1/s1. The van der Waals surface area contributed by atoms with Crippen molar-refractivity contribution in [3.8, 4) is 5.75 Å². The normalized spacial score (nSPS) is 21.4. The molecule has 0 aliphatic carbocycles. The molecule has 2 nitrogen and oxygen atoms in total. The molecule has 0 fully saturated rings. The van der Waals surface area contributed by atoms with Crippen LogP contribution in [0.15, 0.2) is 48.5 Å². The Kier molecular flexibility index (Phi) is 2.77. The summed E-state index contributed by atoms with van der Waals surface area (Å²) in [6.07, 6.45) is 0.767. The topological polar surface area (TPSA) is 35.2 Å². The van der Waals surface area contributed by atoms with Crippen molar-refractivity contribution < 1.29 is 4.74 Å². The van der Waals surface area contributed by atoms with Gasteiger partial charge in [-0.15, -0.1) is 0 Å². The first-order valence-electron chi connectivity index (χ1n) is 5.96. The first-order valence-corrected chi connectivity index (χ1v) is 6.34. The molecule has 1 heterocycles. The molecule has 0 saturated carbocycles. The number of benzene rings is 2. The van der Waals surface area contributed by atoms with E-state index in [0.717, 1.165) is 28.3 Å². The molecular formula is C15H14ClNO. The van der Waals surface area contributed by atoms with Crippen LogP contribution in [0.4, 0.5) is 0 Å². The molecule has 0 aromatic heterocycles. The van der Waals surface area contributed by atoms with Crippen molar-refractivity contribution in [3.63, 3.8) is 0 Å². The Morgan fingerprint density at radius 1 is 1.17 bits per heavy atom. The molecular weight excluding hydrogens is 246 g/mol. The third kappa shape index (κ3) is 1.78. The highest BCUT2D eigenvalue weighted by Crippen LogP contribution is 2.41. The average Bonchev–Trinajstić information content (AvgIpc) is 2.79. The molecule has 1 aliphatic heterocycles. The summed E-state index contributed by atoms with van der Waals surface area (Å²) >= 11 is 6.02. The molecule has 1 atom stereocenters.